The molecule has 1 fully saturated rings. The van der Waals surface area contributed by atoms with Crippen molar-refractivity contribution in [1.82, 2.24) is 4.90 Å². The number of nitrogens with zero attached hydrogens (tertiary/aromatic N) is 1. The van der Waals surface area contributed by atoms with E-state index < -0.39 is 0 Å². The molecular formula is C16H33NO2. The van der Waals surface area contributed by atoms with Crippen LogP contribution in [0.3, 0.4) is 0 Å². The van der Waals surface area contributed by atoms with Gasteiger partial charge in [0, 0.05) is 19.7 Å². The van der Waals surface area contributed by atoms with Crippen LogP contribution in [0.4, 0.5) is 0 Å². The lowest BCUT2D eigenvalue weighted by Gasteiger charge is -2.36. The van der Waals surface area contributed by atoms with E-state index in [-0.39, 0.29) is 6.10 Å². The van der Waals surface area contributed by atoms with E-state index in [4.69, 9.17) is 4.74 Å². The van der Waals surface area contributed by atoms with Crippen LogP contribution in [0.2, 0.25) is 0 Å². The molecule has 114 valence electrons. The summed E-state index contributed by atoms with van der Waals surface area (Å²) < 4.78 is 5.44. The lowest BCUT2D eigenvalue weighted by molar-refractivity contribution is 0.0204. The van der Waals surface area contributed by atoms with Crippen molar-refractivity contribution >= 4 is 0 Å². The van der Waals surface area contributed by atoms with Gasteiger partial charge in [0.1, 0.15) is 0 Å². The molecule has 1 N–H and O–H groups in total. The summed E-state index contributed by atoms with van der Waals surface area (Å²) in [6, 6.07) is 0. The lowest BCUT2D eigenvalue weighted by Crippen LogP contribution is -2.40. The number of ether oxygens (including phenoxy) is 1. The van der Waals surface area contributed by atoms with E-state index in [1.54, 1.807) is 0 Å². The van der Waals surface area contributed by atoms with Gasteiger partial charge in [-0.3, -0.25) is 0 Å². The Kier molecular flexibility index (Phi) is 8.67. The van der Waals surface area contributed by atoms with Crippen LogP contribution in [0.5, 0.6) is 0 Å². The van der Waals surface area contributed by atoms with E-state index in [2.05, 4.69) is 18.7 Å². The molecular weight excluding hydrogens is 238 g/mol. The van der Waals surface area contributed by atoms with Crippen LogP contribution < -0.4 is 0 Å². The minimum absolute atomic E-state index is 0.0887. The molecule has 1 saturated carbocycles. The van der Waals surface area contributed by atoms with Gasteiger partial charge in [-0.1, -0.05) is 26.7 Å². The minimum atomic E-state index is -0.0887. The summed E-state index contributed by atoms with van der Waals surface area (Å²) in [5, 5.41) is 10.2. The zero-order chi connectivity index (χ0) is 14.1. The predicted molar refractivity (Wildman–Crippen MR) is 80.4 cm³/mol. The SMILES string of the molecule is CCCC1CCC(O)C(CN(CC)CCOCC)C1. The van der Waals surface area contributed by atoms with Crippen LogP contribution in [0.25, 0.3) is 0 Å². The Morgan fingerprint density at radius 2 is 2.00 bits per heavy atom. The fraction of sp³-hybridized carbons (Fsp3) is 1.00. The van der Waals surface area contributed by atoms with Crippen molar-refractivity contribution < 1.29 is 9.84 Å². The van der Waals surface area contributed by atoms with Crippen molar-refractivity contribution in [2.45, 2.75) is 59.0 Å². The molecule has 0 bridgehead atoms. The molecule has 0 radical (unpaired) electrons. The zero-order valence-electron chi connectivity index (χ0n) is 13.1. The Morgan fingerprint density at radius 1 is 1.21 bits per heavy atom. The molecule has 19 heavy (non-hydrogen) atoms. The second-order valence-electron chi connectivity index (χ2n) is 5.89. The van der Waals surface area contributed by atoms with Gasteiger partial charge in [0.25, 0.3) is 0 Å². The molecule has 0 heterocycles. The van der Waals surface area contributed by atoms with Gasteiger partial charge in [-0.05, 0) is 44.6 Å². The van der Waals surface area contributed by atoms with Crippen LogP contribution in [0.1, 0.15) is 52.9 Å². The maximum absolute atomic E-state index is 10.2. The molecule has 1 aliphatic rings. The van der Waals surface area contributed by atoms with Gasteiger partial charge in [0.05, 0.1) is 12.7 Å². The quantitative estimate of drug-likeness (QED) is 0.655. The Bertz CT molecular complexity index is 223. The third kappa shape index (κ3) is 6.24. The molecule has 3 unspecified atom stereocenters. The number of rotatable bonds is 9. The first-order chi connectivity index (χ1) is 9.21. The summed E-state index contributed by atoms with van der Waals surface area (Å²) in [5.41, 5.74) is 0. The van der Waals surface area contributed by atoms with E-state index in [1.807, 2.05) is 6.92 Å². The van der Waals surface area contributed by atoms with Gasteiger partial charge in [-0.25, -0.2) is 0 Å². The summed E-state index contributed by atoms with van der Waals surface area (Å²) in [6.45, 7) is 11.2. The first kappa shape index (κ1) is 16.9. The highest BCUT2D eigenvalue weighted by atomic mass is 16.5. The predicted octanol–water partition coefficient (Wildman–Crippen LogP) is 2.92. The van der Waals surface area contributed by atoms with Crippen molar-refractivity contribution in [3.63, 3.8) is 0 Å². The maximum atomic E-state index is 10.2. The Morgan fingerprint density at radius 3 is 2.63 bits per heavy atom. The Hall–Kier alpha value is -0.120. The van der Waals surface area contributed by atoms with Gasteiger partial charge in [-0.15, -0.1) is 0 Å². The molecule has 0 aromatic carbocycles. The van der Waals surface area contributed by atoms with Crippen molar-refractivity contribution in [2.75, 3.05) is 32.8 Å². The standard InChI is InChI=1S/C16H33NO2/c1-4-7-14-8-9-16(18)15(12-14)13-17(5-2)10-11-19-6-3/h14-16,18H,4-13H2,1-3H3. The maximum Gasteiger partial charge on any atom is 0.0593 e. The van der Waals surface area contributed by atoms with Crippen LogP contribution in [-0.2, 0) is 4.74 Å². The van der Waals surface area contributed by atoms with Gasteiger partial charge >= 0.3 is 0 Å². The van der Waals surface area contributed by atoms with Crippen molar-refractivity contribution in [2.24, 2.45) is 11.8 Å². The first-order valence-corrected chi connectivity index (χ1v) is 8.19. The van der Waals surface area contributed by atoms with Crippen molar-refractivity contribution in [3.8, 4) is 0 Å². The number of aliphatic hydroxyl groups excluding tert-OH is 1. The normalized spacial score (nSPS) is 27.9. The monoisotopic (exact) mass is 271 g/mol. The molecule has 0 spiro atoms. The molecule has 1 rings (SSSR count). The smallest absolute Gasteiger partial charge is 0.0593 e. The number of hydrogen-bond acceptors (Lipinski definition) is 3. The molecule has 1 aliphatic carbocycles. The Balaban J connectivity index is 2.37. The molecule has 3 atom stereocenters. The fourth-order valence-electron chi connectivity index (χ4n) is 3.26. The van der Waals surface area contributed by atoms with E-state index in [0.717, 1.165) is 45.2 Å². The summed E-state index contributed by atoms with van der Waals surface area (Å²) >= 11 is 0. The van der Waals surface area contributed by atoms with E-state index in [0.29, 0.717) is 5.92 Å². The second kappa shape index (κ2) is 9.73. The average molecular weight is 271 g/mol. The molecule has 0 saturated heterocycles. The molecule has 0 amide bonds. The third-order valence-electron chi connectivity index (χ3n) is 4.44. The molecule has 0 aliphatic heterocycles. The summed E-state index contributed by atoms with van der Waals surface area (Å²) in [4.78, 5) is 2.43. The number of likely N-dealkylation sites (N-methyl/N-ethyl adjacent to an activating group) is 1. The number of aliphatic hydroxyl groups is 1. The molecule has 3 nitrogen and oxygen atoms in total. The van der Waals surface area contributed by atoms with Crippen molar-refractivity contribution in [3.05, 3.63) is 0 Å². The summed E-state index contributed by atoms with van der Waals surface area (Å²) in [7, 11) is 0. The zero-order valence-corrected chi connectivity index (χ0v) is 13.1. The van der Waals surface area contributed by atoms with E-state index >= 15 is 0 Å². The highest BCUT2D eigenvalue weighted by Gasteiger charge is 2.29. The van der Waals surface area contributed by atoms with Gasteiger partial charge in [-0.2, -0.15) is 0 Å². The lowest BCUT2D eigenvalue weighted by atomic mass is 9.77. The number of hydrogen-bond donors (Lipinski definition) is 1. The Labute approximate surface area is 119 Å². The third-order valence-corrected chi connectivity index (χ3v) is 4.44. The highest BCUT2D eigenvalue weighted by molar-refractivity contribution is 4.81. The highest BCUT2D eigenvalue weighted by Crippen LogP contribution is 2.32. The van der Waals surface area contributed by atoms with Crippen LogP contribution >= 0.6 is 0 Å². The van der Waals surface area contributed by atoms with Gasteiger partial charge in [0.15, 0.2) is 0 Å². The molecule has 0 aromatic heterocycles. The van der Waals surface area contributed by atoms with Crippen molar-refractivity contribution in [1.29, 1.82) is 0 Å². The van der Waals surface area contributed by atoms with Gasteiger partial charge < -0.3 is 14.7 Å². The topological polar surface area (TPSA) is 32.7 Å². The molecule has 0 aromatic rings. The van der Waals surface area contributed by atoms with E-state index in [1.165, 1.54) is 25.7 Å². The summed E-state index contributed by atoms with van der Waals surface area (Å²) in [5.74, 6) is 1.30. The van der Waals surface area contributed by atoms with E-state index in [9.17, 15) is 5.11 Å². The average Bonchev–Trinajstić information content (AvgIpc) is 2.41. The second-order valence-corrected chi connectivity index (χ2v) is 5.89. The van der Waals surface area contributed by atoms with Crippen LogP contribution in [0.15, 0.2) is 0 Å². The largest absolute Gasteiger partial charge is 0.393 e. The van der Waals surface area contributed by atoms with Crippen LogP contribution in [0, 0.1) is 11.8 Å². The fourth-order valence-corrected chi connectivity index (χ4v) is 3.26. The minimum Gasteiger partial charge on any atom is -0.393 e. The molecule has 3 heteroatoms. The first-order valence-electron chi connectivity index (χ1n) is 8.19. The summed E-state index contributed by atoms with van der Waals surface area (Å²) in [6.07, 6.45) is 5.94. The van der Waals surface area contributed by atoms with Gasteiger partial charge in [0.2, 0.25) is 0 Å². The van der Waals surface area contributed by atoms with Crippen LogP contribution in [-0.4, -0.2) is 49.0 Å².